The molecule has 1 atom stereocenters. The van der Waals surface area contributed by atoms with Gasteiger partial charge in [0.25, 0.3) is 0 Å². The molecule has 0 bridgehead atoms. The lowest BCUT2D eigenvalue weighted by atomic mass is 10.2. The van der Waals surface area contributed by atoms with Gasteiger partial charge in [-0.15, -0.1) is 11.6 Å². The Hall–Kier alpha value is 0.210. The third kappa shape index (κ3) is 3.41. The van der Waals surface area contributed by atoms with Gasteiger partial charge in [-0.1, -0.05) is 0 Å². The standard InChI is InChI=1S/C8H17ClN2/c1-11-6-3-8(7-11)10-5-2-4-9/h8,10H,2-7H2,1H3. The fourth-order valence-electron chi connectivity index (χ4n) is 1.47. The minimum Gasteiger partial charge on any atom is -0.313 e. The summed E-state index contributed by atoms with van der Waals surface area (Å²) < 4.78 is 0. The van der Waals surface area contributed by atoms with Crippen molar-refractivity contribution in [2.45, 2.75) is 18.9 Å². The van der Waals surface area contributed by atoms with Crippen LogP contribution in [0.5, 0.6) is 0 Å². The Morgan fingerprint density at radius 2 is 2.45 bits per heavy atom. The summed E-state index contributed by atoms with van der Waals surface area (Å²) >= 11 is 5.57. The van der Waals surface area contributed by atoms with Crippen molar-refractivity contribution < 1.29 is 0 Å². The maximum Gasteiger partial charge on any atom is 0.0235 e. The molecule has 0 aromatic carbocycles. The van der Waals surface area contributed by atoms with Gasteiger partial charge in [-0.05, 0) is 33.0 Å². The van der Waals surface area contributed by atoms with Gasteiger partial charge in [-0.2, -0.15) is 0 Å². The van der Waals surface area contributed by atoms with Crippen molar-refractivity contribution in [3.8, 4) is 0 Å². The average molecular weight is 177 g/mol. The quantitative estimate of drug-likeness (QED) is 0.506. The summed E-state index contributed by atoms with van der Waals surface area (Å²) in [5.41, 5.74) is 0. The Balaban J connectivity index is 1.99. The second-order valence-corrected chi connectivity index (χ2v) is 3.62. The summed E-state index contributed by atoms with van der Waals surface area (Å²) in [6, 6.07) is 0.711. The van der Waals surface area contributed by atoms with E-state index in [9.17, 15) is 0 Å². The zero-order chi connectivity index (χ0) is 8.10. The van der Waals surface area contributed by atoms with E-state index in [0.29, 0.717) is 6.04 Å². The van der Waals surface area contributed by atoms with Crippen molar-refractivity contribution in [2.75, 3.05) is 32.6 Å². The van der Waals surface area contributed by atoms with Crippen LogP contribution in [0.4, 0.5) is 0 Å². The number of nitrogens with zero attached hydrogens (tertiary/aromatic N) is 1. The summed E-state index contributed by atoms with van der Waals surface area (Å²) in [4.78, 5) is 2.36. The number of halogens is 1. The maximum absolute atomic E-state index is 5.57. The molecule has 1 aliphatic rings. The van der Waals surface area contributed by atoms with E-state index in [-0.39, 0.29) is 0 Å². The van der Waals surface area contributed by atoms with Crippen LogP contribution < -0.4 is 5.32 Å². The SMILES string of the molecule is CN1CCC(NCCCCl)C1. The summed E-state index contributed by atoms with van der Waals surface area (Å²) in [6.07, 6.45) is 2.38. The van der Waals surface area contributed by atoms with E-state index >= 15 is 0 Å². The Morgan fingerprint density at radius 3 is 3.00 bits per heavy atom. The summed E-state index contributed by atoms with van der Waals surface area (Å²) in [6.45, 7) is 3.50. The molecule has 3 heteroatoms. The molecule has 0 radical (unpaired) electrons. The predicted molar refractivity (Wildman–Crippen MR) is 49.2 cm³/mol. The Kier molecular flexibility index (Phi) is 4.20. The van der Waals surface area contributed by atoms with Crippen LogP contribution in [-0.2, 0) is 0 Å². The van der Waals surface area contributed by atoms with Crippen LogP contribution in [0.1, 0.15) is 12.8 Å². The minimum atomic E-state index is 0.711. The topological polar surface area (TPSA) is 15.3 Å². The van der Waals surface area contributed by atoms with E-state index in [2.05, 4.69) is 17.3 Å². The molecule has 1 aliphatic heterocycles. The molecule has 0 aliphatic carbocycles. The molecule has 1 heterocycles. The first kappa shape index (κ1) is 9.30. The molecule has 1 unspecified atom stereocenters. The van der Waals surface area contributed by atoms with E-state index in [1.165, 1.54) is 19.5 Å². The highest BCUT2D eigenvalue weighted by Gasteiger charge is 2.17. The van der Waals surface area contributed by atoms with Crippen molar-refractivity contribution in [2.24, 2.45) is 0 Å². The summed E-state index contributed by atoms with van der Waals surface area (Å²) in [5.74, 6) is 0.773. The van der Waals surface area contributed by atoms with Crippen LogP contribution in [0.2, 0.25) is 0 Å². The van der Waals surface area contributed by atoms with Gasteiger partial charge in [0.15, 0.2) is 0 Å². The van der Waals surface area contributed by atoms with Crippen molar-refractivity contribution in [1.82, 2.24) is 10.2 Å². The number of likely N-dealkylation sites (N-methyl/N-ethyl adjacent to an activating group) is 1. The Labute approximate surface area is 73.9 Å². The molecule has 0 saturated carbocycles. The van der Waals surface area contributed by atoms with Gasteiger partial charge in [-0.25, -0.2) is 0 Å². The van der Waals surface area contributed by atoms with E-state index < -0.39 is 0 Å². The highest BCUT2D eigenvalue weighted by molar-refractivity contribution is 6.17. The molecule has 0 aromatic heterocycles. The first-order valence-electron chi connectivity index (χ1n) is 4.31. The van der Waals surface area contributed by atoms with Crippen LogP contribution in [0, 0.1) is 0 Å². The van der Waals surface area contributed by atoms with Gasteiger partial charge in [0.05, 0.1) is 0 Å². The number of nitrogens with one attached hydrogen (secondary N) is 1. The number of hydrogen-bond donors (Lipinski definition) is 1. The van der Waals surface area contributed by atoms with E-state index in [0.717, 1.165) is 18.8 Å². The maximum atomic E-state index is 5.57. The van der Waals surface area contributed by atoms with Crippen molar-refractivity contribution in [3.05, 3.63) is 0 Å². The fraction of sp³-hybridized carbons (Fsp3) is 1.00. The summed E-state index contributed by atoms with van der Waals surface area (Å²) in [5, 5.41) is 3.49. The molecular weight excluding hydrogens is 160 g/mol. The average Bonchev–Trinajstić information content (AvgIpc) is 2.37. The van der Waals surface area contributed by atoms with Crippen LogP contribution in [0.15, 0.2) is 0 Å². The predicted octanol–water partition coefficient (Wildman–Crippen LogP) is 0.909. The third-order valence-corrected chi connectivity index (χ3v) is 2.40. The lowest BCUT2D eigenvalue weighted by Gasteiger charge is -2.11. The summed E-state index contributed by atoms with van der Waals surface area (Å²) in [7, 11) is 2.17. The first-order chi connectivity index (χ1) is 5.33. The van der Waals surface area contributed by atoms with Gasteiger partial charge in [-0.3, -0.25) is 0 Å². The van der Waals surface area contributed by atoms with Crippen molar-refractivity contribution >= 4 is 11.6 Å². The van der Waals surface area contributed by atoms with Gasteiger partial charge in [0.2, 0.25) is 0 Å². The Bertz CT molecular complexity index is 108. The number of likely N-dealkylation sites (tertiary alicyclic amines) is 1. The third-order valence-electron chi connectivity index (χ3n) is 2.13. The molecule has 11 heavy (non-hydrogen) atoms. The number of alkyl halides is 1. The second-order valence-electron chi connectivity index (χ2n) is 3.24. The van der Waals surface area contributed by atoms with E-state index in [4.69, 9.17) is 11.6 Å². The second kappa shape index (κ2) is 4.96. The fourth-order valence-corrected chi connectivity index (χ4v) is 1.61. The molecule has 1 N–H and O–H groups in total. The van der Waals surface area contributed by atoms with Gasteiger partial charge < -0.3 is 10.2 Å². The monoisotopic (exact) mass is 176 g/mol. The highest BCUT2D eigenvalue weighted by Crippen LogP contribution is 2.05. The molecular formula is C8H17ClN2. The number of rotatable bonds is 4. The van der Waals surface area contributed by atoms with Crippen LogP contribution in [0.3, 0.4) is 0 Å². The van der Waals surface area contributed by atoms with Crippen molar-refractivity contribution in [3.63, 3.8) is 0 Å². The van der Waals surface area contributed by atoms with Crippen LogP contribution >= 0.6 is 11.6 Å². The number of hydrogen-bond acceptors (Lipinski definition) is 2. The molecule has 0 spiro atoms. The van der Waals surface area contributed by atoms with Gasteiger partial charge >= 0.3 is 0 Å². The molecule has 66 valence electrons. The molecule has 1 saturated heterocycles. The normalized spacial score (nSPS) is 26.2. The van der Waals surface area contributed by atoms with E-state index in [1.54, 1.807) is 0 Å². The van der Waals surface area contributed by atoms with Crippen LogP contribution in [0.25, 0.3) is 0 Å². The molecule has 1 rings (SSSR count). The molecule has 1 fully saturated rings. The Morgan fingerprint density at radius 1 is 1.64 bits per heavy atom. The molecule has 2 nitrogen and oxygen atoms in total. The molecule has 0 amide bonds. The lowest BCUT2D eigenvalue weighted by Crippen LogP contribution is -2.32. The largest absolute Gasteiger partial charge is 0.313 e. The smallest absolute Gasteiger partial charge is 0.0235 e. The van der Waals surface area contributed by atoms with Gasteiger partial charge in [0, 0.05) is 18.5 Å². The van der Waals surface area contributed by atoms with Gasteiger partial charge in [0.1, 0.15) is 0 Å². The first-order valence-corrected chi connectivity index (χ1v) is 4.84. The van der Waals surface area contributed by atoms with Crippen molar-refractivity contribution in [1.29, 1.82) is 0 Å². The minimum absolute atomic E-state index is 0.711. The lowest BCUT2D eigenvalue weighted by molar-refractivity contribution is 0.398. The highest BCUT2D eigenvalue weighted by atomic mass is 35.5. The van der Waals surface area contributed by atoms with E-state index in [1.807, 2.05) is 0 Å². The molecule has 0 aromatic rings. The zero-order valence-corrected chi connectivity index (χ0v) is 7.90. The zero-order valence-electron chi connectivity index (χ0n) is 7.15. The van der Waals surface area contributed by atoms with Crippen LogP contribution in [-0.4, -0.2) is 43.5 Å².